The SMILES string of the molecule is FC(F)(F)CCN(CCCCCCOCc1ccccc1)CCC(F)(F)F. The summed E-state index contributed by atoms with van der Waals surface area (Å²) >= 11 is 0. The van der Waals surface area contributed by atoms with Gasteiger partial charge in [-0.15, -0.1) is 0 Å². The summed E-state index contributed by atoms with van der Waals surface area (Å²) in [5, 5.41) is 0. The second-order valence-corrected chi connectivity index (χ2v) is 6.52. The Balaban J connectivity index is 2.14. The Bertz CT molecular complexity index is 471. The van der Waals surface area contributed by atoms with Crippen LogP contribution in [0.5, 0.6) is 0 Å². The zero-order chi connectivity index (χ0) is 20.2. The summed E-state index contributed by atoms with van der Waals surface area (Å²) in [6, 6.07) is 9.73. The van der Waals surface area contributed by atoms with Crippen molar-refractivity contribution < 1.29 is 31.1 Å². The highest BCUT2D eigenvalue weighted by Crippen LogP contribution is 2.23. The molecular formula is C19H27F6NO. The summed E-state index contributed by atoms with van der Waals surface area (Å²) in [7, 11) is 0. The summed E-state index contributed by atoms with van der Waals surface area (Å²) < 4.78 is 79.4. The van der Waals surface area contributed by atoms with Crippen molar-refractivity contribution in [2.45, 2.75) is 57.5 Å². The van der Waals surface area contributed by atoms with E-state index >= 15 is 0 Å². The summed E-state index contributed by atoms with van der Waals surface area (Å²) in [4.78, 5) is 1.26. The first-order valence-electron chi connectivity index (χ1n) is 9.13. The van der Waals surface area contributed by atoms with Gasteiger partial charge in [-0.05, 0) is 24.9 Å². The molecule has 0 saturated carbocycles. The summed E-state index contributed by atoms with van der Waals surface area (Å²) in [5.41, 5.74) is 1.09. The van der Waals surface area contributed by atoms with E-state index in [0.717, 1.165) is 24.8 Å². The third kappa shape index (κ3) is 14.4. The molecule has 0 aliphatic rings. The Hall–Kier alpha value is -1.28. The molecule has 0 radical (unpaired) electrons. The lowest BCUT2D eigenvalue weighted by Gasteiger charge is -2.23. The molecule has 0 fully saturated rings. The average molecular weight is 399 g/mol. The molecule has 156 valence electrons. The van der Waals surface area contributed by atoms with Crippen LogP contribution in [-0.4, -0.2) is 43.5 Å². The molecule has 1 rings (SSSR count). The number of halogens is 6. The van der Waals surface area contributed by atoms with Crippen LogP contribution in [0.4, 0.5) is 26.3 Å². The lowest BCUT2D eigenvalue weighted by molar-refractivity contribution is -0.145. The molecule has 27 heavy (non-hydrogen) atoms. The van der Waals surface area contributed by atoms with Gasteiger partial charge < -0.3 is 9.64 Å². The van der Waals surface area contributed by atoms with Crippen LogP contribution in [0.1, 0.15) is 44.1 Å². The molecule has 0 heterocycles. The maximum atomic E-state index is 12.3. The Morgan fingerprint density at radius 3 is 1.81 bits per heavy atom. The number of nitrogens with zero attached hydrogens (tertiary/aromatic N) is 1. The predicted molar refractivity (Wildman–Crippen MR) is 92.4 cm³/mol. The van der Waals surface area contributed by atoms with Crippen molar-refractivity contribution in [1.82, 2.24) is 4.90 Å². The van der Waals surface area contributed by atoms with Gasteiger partial charge in [0.05, 0.1) is 19.4 Å². The predicted octanol–water partition coefficient (Wildman–Crippen LogP) is 5.97. The molecule has 1 aromatic carbocycles. The van der Waals surface area contributed by atoms with Crippen LogP contribution in [0.15, 0.2) is 30.3 Å². The minimum atomic E-state index is -4.35. The largest absolute Gasteiger partial charge is 0.390 e. The van der Waals surface area contributed by atoms with E-state index < -0.39 is 25.2 Å². The van der Waals surface area contributed by atoms with Crippen molar-refractivity contribution in [2.75, 3.05) is 26.2 Å². The van der Waals surface area contributed by atoms with E-state index in [9.17, 15) is 26.3 Å². The van der Waals surface area contributed by atoms with E-state index in [-0.39, 0.29) is 19.6 Å². The molecule has 1 aromatic rings. The Kier molecular flexibility index (Phi) is 10.8. The van der Waals surface area contributed by atoms with Gasteiger partial charge >= 0.3 is 12.4 Å². The maximum Gasteiger partial charge on any atom is 0.390 e. The number of benzene rings is 1. The quantitative estimate of drug-likeness (QED) is 0.299. The van der Waals surface area contributed by atoms with Crippen LogP contribution in [0.2, 0.25) is 0 Å². The van der Waals surface area contributed by atoms with E-state index in [1.807, 2.05) is 30.3 Å². The van der Waals surface area contributed by atoms with Gasteiger partial charge in [-0.25, -0.2) is 0 Å². The third-order valence-electron chi connectivity index (χ3n) is 4.05. The van der Waals surface area contributed by atoms with Gasteiger partial charge in [-0.1, -0.05) is 43.2 Å². The van der Waals surface area contributed by atoms with Gasteiger partial charge in [0.2, 0.25) is 0 Å². The average Bonchev–Trinajstić information content (AvgIpc) is 2.58. The number of ether oxygens (including phenoxy) is 1. The van der Waals surface area contributed by atoms with Crippen molar-refractivity contribution in [2.24, 2.45) is 0 Å². The fourth-order valence-corrected chi connectivity index (χ4v) is 2.56. The molecule has 0 atom stereocenters. The molecule has 0 aliphatic heterocycles. The van der Waals surface area contributed by atoms with Crippen molar-refractivity contribution in [1.29, 1.82) is 0 Å². The van der Waals surface area contributed by atoms with Crippen LogP contribution in [-0.2, 0) is 11.3 Å². The second kappa shape index (κ2) is 12.2. The molecule has 0 bridgehead atoms. The summed E-state index contributed by atoms with van der Waals surface area (Å²) in [6.45, 7) is 0.584. The van der Waals surface area contributed by atoms with Crippen LogP contribution in [0, 0.1) is 0 Å². The van der Waals surface area contributed by atoms with Crippen LogP contribution in [0.3, 0.4) is 0 Å². The highest BCUT2D eigenvalue weighted by atomic mass is 19.4. The van der Waals surface area contributed by atoms with E-state index in [2.05, 4.69) is 0 Å². The molecule has 0 aromatic heterocycles. The number of hydrogen-bond donors (Lipinski definition) is 0. The molecule has 2 nitrogen and oxygen atoms in total. The summed E-state index contributed by atoms with van der Waals surface area (Å²) in [6.07, 6.45) is -7.90. The lowest BCUT2D eigenvalue weighted by atomic mass is 10.2. The van der Waals surface area contributed by atoms with Crippen LogP contribution < -0.4 is 0 Å². The van der Waals surface area contributed by atoms with E-state index in [1.54, 1.807) is 0 Å². The minimum absolute atomic E-state index is 0.247. The zero-order valence-electron chi connectivity index (χ0n) is 15.3. The van der Waals surface area contributed by atoms with E-state index in [1.165, 1.54) is 4.90 Å². The molecular weight excluding hydrogens is 372 g/mol. The normalized spacial score (nSPS) is 12.7. The smallest absolute Gasteiger partial charge is 0.377 e. The number of alkyl halides is 6. The minimum Gasteiger partial charge on any atom is -0.377 e. The zero-order valence-corrected chi connectivity index (χ0v) is 15.3. The van der Waals surface area contributed by atoms with Crippen LogP contribution >= 0.6 is 0 Å². The van der Waals surface area contributed by atoms with Crippen molar-refractivity contribution in [3.63, 3.8) is 0 Å². The highest BCUT2D eigenvalue weighted by molar-refractivity contribution is 5.13. The highest BCUT2D eigenvalue weighted by Gasteiger charge is 2.30. The Morgan fingerprint density at radius 2 is 1.26 bits per heavy atom. The molecule has 0 amide bonds. The number of rotatable bonds is 13. The Labute approximate surface area is 156 Å². The standard InChI is InChI=1S/C19H27F6NO/c20-18(21,22)10-13-26(14-11-19(23,24)25)12-6-1-2-7-15-27-16-17-8-4-3-5-9-17/h3-5,8-9H,1-2,6-7,10-16H2. The molecule has 8 heteroatoms. The number of hydrogen-bond acceptors (Lipinski definition) is 2. The topological polar surface area (TPSA) is 12.5 Å². The van der Waals surface area contributed by atoms with E-state index in [4.69, 9.17) is 4.74 Å². The third-order valence-corrected chi connectivity index (χ3v) is 4.05. The number of unbranched alkanes of at least 4 members (excludes halogenated alkanes) is 3. The van der Waals surface area contributed by atoms with Crippen molar-refractivity contribution >= 4 is 0 Å². The molecule has 0 spiro atoms. The van der Waals surface area contributed by atoms with Crippen molar-refractivity contribution in [3.8, 4) is 0 Å². The maximum absolute atomic E-state index is 12.3. The Morgan fingerprint density at radius 1 is 0.704 bits per heavy atom. The van der Waals surface area contributed by atoms with Gasteiger partial charge in [-0.2, -0.15) is 26.3 Å². The second-order valence-electron chi connectivity index (χ2n) is 6.52. The molecule has 0 unspecified atom stereocenters. The lowest BCUT2D eigenvalue weighted by Crippen LogP contribution is -2.32. The van der Waals surface area contributed by atoms with Gasteiger partial charge in [-0.3, -0.25) is 0 Å². The van der Waals surface area contributed by atoms with Gasteiger partial charge in [0.25, 0.3) is 0 Å². The van der Waals surface area contributed by atoms with Gasteiger partial charge in [0.15, 0.2) is 0 Å². The van der Waals surface area contributed by atoms with Crippen molar-refractivity contribution in [3.05, 3.63) is 35.9 Å². The monoisotopic (exact) mass is 399 g/mol. The first-order chi connectivity index (χ1) is 12.7. The molecule has 0 N–H and O–H groups in total. The van der Waals surface area contributed by atoms with Gasteiger partial charge in [0.1, 0.15) is 0 Å². The first-order valence-corrected chi connectivity index (χ1v) is 9.13. The molecule has 0 saturated heterocycles. The molecule has 0 aliphatic carbocycles. The van der Waals surface area contributed by atoms with Gasteiger partial charge in [0, 0.05) is 19.7 Å². The summed E-state index contributed by atoms with van der Waals surface area (Å²) in [5.74, 6) is 0. The van der Waals surface area contributed by atoms with Crippen LogP contribution in [0.25, 0.3) is 0 Å². The van der Waals surface area contributed by atoms with E-state index in [0.29, 0.717) is 19.6 Å². The fraction of sp³-hybridized carbons (Fsp3) is 0.684. The fourth-order valence-electron chi connectivity index (χ4n) is 2.56. The first kappa shape index (κ1) is 23.8.